The highest BCUT2D eigenvalue weighted by molar-refractivity contribution is 6.36. The molecule has 1 aliphatic heterocycles. The summed E-state index contributed by atoms with van der Waals surface area (Å²) in [4.78, 5) is 27.3. The Hall–Kier alpha value is -2.92. The first-order valence-corrected chi connectivity index (χ1v) is 9.17. The van der Waals surface area contributed by atoms with Gasteiger partial charge < -0.3 is 10.1 Å². The molecule has 140 valence electrons. The maximum absolute atomic E-state index is 13.0. The van der Waals surface area contributed by atoms with E-state index in [4.69, 9.17) is 4.74 Å². The SMILES string of the molecule is CC(C)OCCCN1C(=O)C(Nc2ccccc2)=C(c2ccccc2)C1=O. The van der Waals surface area contributed by atoms with E-state index in [2.05, 4.69) is 5.32 Å². The van der Waals surface area contributed by atoms with E-state index < -0.39 is 0 Å². The molecular formula is C22H24N2O3. The van der Waals surface area contributed by atoms with Crippen molar-refractivity contribution >= 4 is 23.1 Å². The lowest BCUT2D eigenvalue weighted by Crippen LogP contribution is -2.34. The molecule has 1 N–H and O–H groups in total. The molecular weight excluding hydrogens is 340 g/mol. The fourth-order valence-electron chi connectivity index (χ4n) is 2.98. The zero-order chi connectivity index (χ0) is 19.2. The van der Waals surface area contributed by atoms with Gasteiger partial charge in [0.1, 0.15) is 5.70 Å². The van der Waals surface area contributed by atoms with Crippen molar-refractivity contribution in [2.75, 3.05) is 18.5 Å². The molecule has 0 saturated carbocycles. The topological polar surface area (TPSA) is 58.6 Å². The smallest absolute Gasteiger partial charge is 0.278 e. The Kier molecular flexibility index (Phi) is 6.04. The number of amides is 2. The standard InChI is InChI=1S/C22H24N2O3/c1-16(2)27-15-9-14-24-21(25)19(17-10-5-3-6-11-17)20(22(24)26)23-18-12-7-4-8-13-18/h3-8,10-13,16,23H,9,14-15H2,1-2H3. The van der Waals surface area contributed by atoms with Gasteiger partial charge in [0.2, 0.25) is 0 Å². The lowest BCUT2D eigenvalue weighted by atomic mass is 10.0. The minimum Gasteiger partial charge on any atom is -0.379 e. The Morgan fingerprint density at radius 3 is 2.19 bits per heavy atom. The molecule has 1 aliphatic rings. The van der Waals surface area contributed by atoms with Crippen LogP contribution in [-0.4, -0.2) is 36.0 Å². The third kappa shape index (κ3) is 4.44. The number of carbonyl (C=O) groups is 2. The Morgan fingerprint density at radius 1 is 0.926 bits per heavy atom. The number of rotatable bonds is 8. The normalized spacial score (nSPS) is 14.4. The van der Waals surface area contributed by atoms with E-state index >= 15 is 0 Å². The molecule has 0 bridgehead atoms. The fourth-order valence-corrected chi connectivity index (χ4v) is 2.98. The molecule has 0 spiro atoms. The number of hydrogen-bond acceptors (Lipinski definition) is 4. The summed E-state index contributed by atoms with van der Waals surface area (Å²) < 4.78 is 5.53. The van der Waals surface area contributed by atoms with E-state index in [1.807, 2.05) is 74.5 Å². The van der Waals surface area contributed by atoms with Crippen molar-refractivity contribution in [2.24, 2.45) is 0 Å². The van der Waals surface area contributed by atoms with Gasteiger partial charge in [-0.25, -0.2) is 0 Å². The van der Waals surface area contributed by atoms with Gasteiger partial charge >= 0.3 is 0 Å². The molecule has 1 heterocycles. The number of nitrogens with zero attached hydrogens (tertiary/aromatic N) is 1. The van der Waals surface area contributed by atoms with Crippen LogP contribution in [0.15, 0.2) is 66.4 Å². The highest BCUT2D eigenvalue weighted by atomic mass is 16.5. The molecule has 0 atom stereocenters. The number of ether oxygens (including phenoxy) is 1. The number of benzene rings is 2. The highest BCUT2D eigenvalue weighted by Crippen LogP contribution is 2.30. The molecule has 0 aliphatic carbocycles. The number of para-hydroxylation sites is 1. The lowest BCUT2D eigenvalue weighted by Gasteiger charge is -2.16. The third-order valence-electron chi connectivity index (χ3n) is 4.25. The summed E-state index contributed by atoms with van der Waals surface area (Å²) in [5.41, 5.74) is 2.23. The van der Waals surface area contributed by atoms with Crippen LogP contribution in [0.3, 0.4) is 0 Å². The van der Waals surface area contributed by atoms with Crippen molar-refractivity contribution in [2.45, 2.75) is 26.4 Å². The molecule has 2 aromatic carbocycles. The van der Waals surface area contributed by atoms with Crippen molar-refractivity contribution in [1.82, 2.24) is 4.90 Å². The van der Waals surface area contributed by atoms with E-state index in [0.29, 0.717) is 30.8 Å². The first-order valence-electron chi connectivity index (χ1n) is 9.17. The monoisotopic (exact) mass is 364 g/mol. The van der Waals surface area contributed by atoms with E-state index in [1.54, 1.807) is 0 Å². The summed E-state index contributed by atoms with van der Waals surface area (Å²) in [6.45, 7) is 4.77. The van der Waals surface area contributed by atoms with E-state index in [1.165, 1.54) is 4.90 Å². The Balaban J connectivity index is 1.85. The summed E-state index contributed by atoms with van der Waals surface area (Å²) in [6, 6.07) is 18.7. The maximum Gasteiger partial charge on any atom is 0.278 e. The van der Waals surface area contributed by atoms with Crippen molar-refractivity contribution in [3.05, 3.63) is 71.9 Å². The minimum absolute atomic E-state index is 0.128. The molecule has 5 nitrogen and oxygen atoms in total. The Bertz CT molecular complexity index is 829. The highest BCUT2D eigenvalue weighted by Gasteiger charge is 2.38. The average Bonchev–Trinajstić information content (AvgIpc) is 2.90. The van der Waals surface area contributed by atoms with Crippen LogP contribution in [0.5, 0.6) is 0 Å². The minimum atomic E-state index is -0.299. The number of carbonyl (C=O) groups excluding carboxylic acids is 2. The molecule has 5 heteroatoms. The van der Waals surface area contributed by atoms with Crippen LogP contribution < -0.4 is 5.32 Å². The van der Waals surface area contributed by atoms with Gasteiger partial charge in [-0.1, -0.05) is 48.5 Å². The molecule has 2 amide bonds. The number of nitrogens with one attached hydrogen (secondary N) is 1. The van der Waals surface area contributed by atoms with E-state index in [-0.39, 0.29) is 17.9 Å². The summed E-state index contributed by atoms with van der Waals surface area (Å²) >= 11 is 0. The molecule has 0 unspecified atom stereocenters. The molecule has 0 fully saturated rings. The summed E-state index contributed by atoms with van der Waals surface area (Å²) in [7, 11) is 0. The van der Waals surface area contributed by atoms with E-state index in [9.17, 15) is 9.59 Å². The van der Waals surface area contributed by atoms with Gasteiger partial charge in [-0.3, -0.25) is 14.5 Å². The molecule has 27 heavy (non-hydrogen) atoms. The van der Waals surface area contributed by atoms with Gasteiger partial charge in [-0.05, 0) is 38.0 Å². The third-order valence-corrected chi connectivity index (χ3v) is 4.25. The Labute approximate surface area is 159 Å². The van der Waals surface area contributed by atoms with Crippen LogP contribution in [0.2, 0.25) is 0 Å². The largest absolute Gasteiger partial charge is 0.379 e. The molecule has 3 rings (SSSR count). The van der Waals surface area contributed by atoms with E-state index in [0.717, 1.165) is 11.3 Å². The van der Waals surface area contributed by atoms with Crippen molar-refractivity contribution in [1.29, 1.82) is 0 Å². The van der Waals surface area contributed by atoms with Gasteiger partial charge in [-0.15, -0.1) is 0 Å². The van der Waals surface area contributed by atoms with Crippen molar-refractivity contribution < 1.29 is 14.3 Å². The molecule has 0 radical (unpaired) electrons. The van der Waals surface area contributed by atoms with Crippen LogP contribution in [0.4, 0.5) is 5.69 Å². The zero-order valence-corrected chi connectivity index (χ0v) is 15.6. The molecule has 0 saturated heterocycles. The van der Waals surface area contributed by atoms with Crippen LogP contribution in [-0.2, 0) is 14.3 Å². The summed E-state index contributed by atoms with van der Waals surface area (Å²) in [6.07, 6.45) is 0.736. The van der Waals surface area contributed by atoms with Crippen molar-refractivity contribution in [3.63, 3.8) is 0 Å². The van der Waals surface area contributed by atoms with Gasteiger partial charge in [0, 0.05) is 18.8 Å². The fraction of sp³-hybridized carbons (Fsp3) is 0.273. The lowest BCUT2D eigenvalue weighted by molar-refractivity contribution is -0.137. The van der Waals surface area contributed by atoms with Crippen LogP contribution >= 0.6 is 0 Å². The maximum atomic E-state index is 13.0. The molecule has 2 aromatic rings. The Morgan fingerprint density at radius 2 is 1.56 bits per heavy atom. The summed E-state index contributed by atoms with van der Waals surface area (Å²) in [5.74, 6) is -0.568. The molecule has 0 aromatic heterocycles. The first-order chi connectivity index (χ1) is 13.1. The van der Waals surface area contributed by atoms with Crippen LogP contribution in [0.1, 0.15) is 25.8 Å². The van der Waals surface area contributed by atoms with Gasteiger partial charge in [0.05, 0.1) is 11.7 Å². The first kappa shape index (κ1) is 18.9. The van der Waals surface area contributed by atoms with Gasteiger partial charge in [-0.2, -0.15) is 0 Å². The zero-order valence-electron chi connectivity index (χ0n) is 15.6. The number of anilines is 1. The average molecular weight is 364 g/mol. The second kappa shape index (κ2) is 8.64. The van der Waals surface area contributed by atoms with Crippen LogP contribution in [0.25, 0.3) is 5.57 Å². The summed E-state index contributed by atoms with van der Waals surface area (Å²) in [5, 5.41) is 3.14. The quantitative estimate of drug-likeness (QED) is 0.573. The number of hydrogen-bond donors (Lipinski definition) is 1. The van der Waals surface area contributed by atoms with Gasteiger partial charge in [0.25, 0.3) is 11.8 Å². The second-order valence-electron chi connectivity index (χ2n) is 6.64. The van der Waals surface area contributed by atoms with Gasteiger partial charge in [0.15, 0.2) is 0 Å². The van der Waals surface area contributed by atoms with Crippen LogP contribution in [0, 0.1) is 0 Å². The predicted molar refractivity (Wildman–Crippen MR) is 106 cm³/mol. The van der Waals surface area contributed by atoms with Crippen molar-refractivity contribution in [3.8, 4) is 0 Å². The number of imide groups is 1. The second-order valence-corrected chi connectivity index (χ2v) is 6.64. The predicted octanol–water partition coefficient (Wildman–Crippen LogP) is 3.69.